The summed E-state index contributed by atoms with van der Waals surface area (Å²) in [6.45, 7) is 0. The summed E-state index contributed by atoms with van der Waals surface area (Å²) in [7, 11) is 0. The fourth-order valence-corrected chi connectivity index (χ4v) is 5.29. The minimum Gasteiger partial charge on any atom is -0.273 e. The van der Waals surface area contributed by atoms with Gasteiger partial charge in [0.2, 0.25) is 11.8 Å². The number of hydrogen-bond donors (Lipinski definition) is 2. The van der Waals surface area contributed by atoms with Crippen LogP contribution in [0, 0.1) is 0 Å². The molecule has 0 radical (unpaired) electrons. The summed E-state index contributed by atoms with van der Waals surface area (Å²) >= 11 is 0. The molecule has 0 atom stereocenters. The van der Waals surface area contributed by atoms with E-state index in [1.54, 1.807) is 0 Å². The number of hydrogen-bond acceptors (Lipinski definition) is 2. The summed E-state index contributed by atoms with van der Waals surface area (Å²) in [5.74, 6) is 0.943. The molecule has 2 aliphatic carbocycles. The number of carbonyl (C=O) groups excluding carboxylic acids is 2. The van der Waals surface area contributed by atoms with Crippen LogP contribution in [0.3, 0.4) is 0 Å². The van der Waals surface area contributed by atoms with Gasteiger partial charge in [0.15, 0.2) is 0 Å². The van der Waals surface area contributed by atoms with Crippen molar-refractivity contribution in [2.45, 2.75) is 88.9 Å². The molecule has 4 rings (SSSR count). The van der Waals surface area contributed by atoms with Gasteiger partial charge in [-0.3, -0.25) is 20.4 Å². The van der Waals surface area contributed by atoms with Gasteiger partial charge in [0.25, 0.3) is 0 Å². The number of rotatable bonds is 6. The van der Waals surface area contributed by atoms with Crippen molar-refractivity contribution in [2.24, 2.45) is 0 Å². The van der Waals surface area contributed by atoms with E-state index in [1.807, 2.05) is 24.3 Å². The number of carbonyl (C=O) groups is 2. The molecule has 0 aliphatic heterocycles. The predicted octanol–water partition coefficient (Wildman–Crippen LogP) is 5.71. The molecule has 2 aliphatic rings. The Morgan fingerprint density at radius 2 is 0.906 bits per heavy atom. The van der Waals surface area contributed by atoms with E-state index in [-0.39, 0.29) is 24.7 Å². The first-order valence-electron chi connectivity index (χ1n) is 12.4. The summed E-state index contributed by atoms with van der Waals surface area (Å²) in [5.41, 5.74) is 9.81. The highest BCUT2D eigenvalue weighted by atomic mass is 16.2. The summed E-state index contributed by atoms with van der Waals surface area (Å²) in [6, 6.07) is 16.8. The standard InChI is InChI=1S/C28H36N2O2/c31-27(19-21-11-15-25(16-12-21)23-7-3-1-4-8-23)29-30-28(32)20-22-13-17-26(18-14-22)24-9-5-2-6-10-24/h11-18,23-24H,1-10,19-20H2,(H,29,31)(H,30,32). The number of benzene rings is 2. The van der Waals surface area contributed by atoms with Crippen molar-refractivity contribution in [1.82, 2.24) is 10.9 Å². The quantitative estimate of drug-likeness (QED) is 0.574. The van der Waals surface area contributed by atoms with Crippen molar-refractivity contribution >= 4 is 11.8 Å². The van der Waals surface area contributed by atoms with E-state index < -0.39 is 0 Å². The SMILES string of the molecule is O=C(Cc1ccc(C2CCCCC2)cc1)NNC(=O)Cc1ccc(C2CCCCC2)cc1. The first-order valence-corrected chi connectivity index (χ1v) is 12.4. The molecule has 2 aromatic rings. The maximum atomic E-state index is 12.2. The molecule has 32 heavy (non-hydrogen) atoms. The Bertz CT molecular complexity index is 801. The van der Waals surface area contributed by atoms with Crippen LogP contribution in [0.1, 0.15) is 98.3 Å². The van der Waals surface area contributed by atoms with Crippen molar-refractivity contribution in [3.63, 3.8) is 0 Å². The third-order valence-corrected chi connectivity index (χ3v) is 7.18. The van der Waals surface area contributed by atoms with Crippen LogP contribution in [0.15, 0.2) is 48.5 Å². The second-order valence-corrected chi connectivity index (χ2v) is 9.60. The molecule has 2 fully saturated rings. The molecular formula is C28H36N2O2. The summed E-state index contributed by atoms with van der Waals surface area (Å²) in [6.07, 6.45) is 13.6. The summed E-state index contributed by atoms with van der Waals surface area (Å²) < 4.78 is 0. The highest BCUT2D eigenvalue weighted by Crippen LogP contribution is 2.33. The lowest BCUT2D eigenvalue weighted by atomic mass is 9.84. The van der Waals surface area contributed by atoms with Gasteiger partial charge in [-0.15, -0.1) is 0 Å². The minimum absolute atomic E-state index is 0.198. The second-order valence-electron chi connectivity index (χ2n) is 9.60. The van der Waals surface area contributed by atoms with Crippen LogP contribution in [0.25, 0.3) is 0 Å². The Kier molecular flexibility index (Phi) is 7.97. The molecular weight excluding hydrogens is 396 g/mol. The average Bonchev–Trinajstić information content (AvgIpc) is 2.85. The van der Waals surface area contributed by atoms with Gasteiger partial charge in [-0.2, -0.15) is 0 Å². The highest BCUT2D eigenvalue weighted by Gasteiger charge is 2.16. The van der Waals surface area contributed by atoms with E-state index in [4.69, 9.17) is 0 Å². The Morgan fingerprint density at radius 3 is 1.25 bits per heavy atom. The van der Waals surface area contributed by atoms with Crippen LogP contribution in [0.5, 0.6) is 0 Å². The third kappa shape index (κ3) is 6.44. The van der Waals surface area contributed by atoms with Crippen LogP contribution in [0.4, 0.5) is 0 Å². The van der Waals surface area contributed by atoms with Gasteiger partial charge in [0.1, 0.15) is 0 Å². The van der Waals surface area contributed by atoms with Gasteiger partial charge >= 0.3 is 0 Å². The van der Waals surface area contributed by atoms with Crippen molar-refractivity contribution in [1.29, 1.82) is 0 Å². The van der Waals surface area contributed by atoms with Gasteiger partial charge in [0.05, 0.1) is 12.8 Å². The molecule has 0 unspecified atom stereocenters. The van der Waals surface area contributed by atoms with Gasteiger partial charge in [-0.25, -0.2) is 0 Å². The average molecular weight is 433 g/mol. The monoisotopic (exact) mass is 432 g/mol. The molecule has 4 nitrogen and oxygen atoms in total. The predicted molar refractivity (Wildman–Crippen MR) is 128 cm³/mol. The van der Waals surface area contributed by atoms with Crippen molar-refractivity contribution in [3.8, 4) is 0 Å². The first-order chi connectivity index (χ1) is 15.7. The first kappa shape index (κ1) is 22.6. The van der Waals surface area contributed by atoms with Crippen molar-refractivity contribution < 1.29 is 9.59 Å². The summed E-state index contributed by atoms with van der Waals surface area (Å²) in [4.78, 5) is 24.5. The topological polar surface area (TPSA) is 58.2 Å². The molecule has 2 N–H and O–H groups in total. The minimum atomic E-state index is -0.198. The van der Waals surface area contributed by atoms with E-state index in [9.17, 15) is 9.59 Å². The summed E-state index contributed by atoms with van der Waals surface area (Å²) in [5, 5.41) is 0. The van der Waals surface area contributed by atoms with Gasteiger partial charge in [0, 0.05) is 0 Å². The van der Waals surface area contributed by atoms with Gasteiger partial charge in [-0.1, -0.05) is 87.1 Å². The van der Waals surface area contributed by atoms with Crippen LogP contribution in [0.2, 0.25) is 0 Å². The van der Waals surface area contributed by atoms with E-state index >= 15 is 0 Å². The molecule has 4 heteroatoms. The zero-order valence-electron chi connectivity index (χ0n) is 19.1. The van der Waals surface area contributed by atoms with Crippen LogP contribution in [-0.2, 0) is 22.4 Å². The molecule has 0 heterocycles. The zero-order valence-corrected chi connectivity index (χ0v) is 19.1. The Hall–Kier alpha value is -2.62. The fourth-order valence-electron chi connectivity index (χ4n) is 5.29. The zero-order chi connectivity index (χ0) is 22.2. The maximum absolute atomic E-state index is 12.2. The Morgan fingerprint density at radius 1 is 0.562 bits per heavy atom. The van der Waals surface area contributed by atoms with Crippen molar-refractivity contribution in [3.05, 3.63) is 70.8 Å². The maximum Gasteiger partial charge on any atom is 0.242 e. The van der Waals surface area contributed by atoms with Crippen LogP contribution >= 0.6 is 0 Å². The van der Waals surface area contributed by atoms with Crippen LogP contribution < -0.4 is 10.9 Å². The lowest BCUT2D eigenvalue weighted by Gasteiger charge is -2.22. The molecule has 2 aromatic carbocycles. The second kappa shape index (κ2) is 11.3. The smallest absolute Gasteiger partial charge is 0.242 e. The molecule has 2 saturated carbocycles. The van der Waals surface area contributed by atoms with E-state index in [2.05, 4.69) is 35.1 Å². The van der Waals surface area contributed by atoms with Gasteiger partial charge in [-0.05, 0) is 59.8 Å². The molecule has 0 saturated heterocycles. The van der Waals surface area contributed by atoms with Gasteiger partial charge < -0.3 is 0 Å². The molecule has 0 bridgehead atoms. The number of hydrazine groups is 1. The van der Waals surface area contributed by atoms with Crippen molar-refractivity contribution in [2.75, 3.05) is 0 Å². The largest absolute Gasteiger partial charge is 0.273 e. The number of nitrogens with one attached hydrogen (secondary N) is 2. The molecule has 0 aromatic heterocycles. The normalized spacial score (nSPS) is 17.6. The Labute approximate surface area is 192 Å². The van der Waals surface area contributed by atoms with E-state index in [0.29, 0.717) is 11.8 Å². The number of amides is 2. The van der Waals surface area contributed by atoms with Crippen LogP contribution in [-0.4, -0.2) is 11.8 Å². The lowest BCUT2D eigenvalue weighted by Crippen LogP contribution is -2.43. The molecule has 2 amide bonds. The third-order valence-electron chi connectivity index (χ3n) is 7.18. The highest BCUT2D eigenvalue weighted by molar-refractivity contribution is 5.84. The molecule has 0 spiro atoms. The van der Waals surface area contributed by atoms with E-state index in [1.165, 1.54) is 75.3 Å². The lowest BCUT2D eigenvalue weighted by molar-refractivity contribution is -0.128. The molecule has 170 valence electrons. The Balaban J connectivity index is 1.19. The fraction of sp³-hybridized carbons (Fsp3) is 0.500. The van der Waals surface area contributed by atoms with E-state index in [0.717, 1.165) is 11.1 Å².